The Morgan fingerprint density at radius 3 is 2.01 bits per heavy atom. The van der Waals surface area contributed by atoms with Crippen LogP contribution in [0.25, 0.3) is 0 Å². The van der Waals surface area contributed by atoms with Crippen LogP contribution in [0.5, 0.6) is 0 Å². The van der Waals surface area contributed by atoms with Crippen LogP contribution in [0.2, 0.25) is 0 Å². The average Bonchev–Trinajstić information content (AvgIpc) is 3.95. The molecule has 29 heteroatoms. The number of thiol groups is 1. The highest BCUT2D eigenvalue weighted by atomic mass is 32.1. The Balaban J connectivity index is 1.39. The zero-order chi connectivity index (χ0) is 55.4. The van der Waals surface area contributed by atoms with E-state index >= 15 is 0 Å². The number of aliphatic hydroxyl groups is 2. The third-order valence-electron chi connectivity index (χ3n) is 12.2. The van der Waals surface area contributed by atoms with E-state index < -0.39 is 170 Å². The maximum absolute atomic E-state index is 14.3. The molecule has 0 aromatic heterocycles. The van der Waals surface area contributed by atoms with Crippen LogP contribution in [0.15, 0.2) is 24.3 Å². The van der Waals surface area contributed by atoms with E-state index in [1.807, 2.05) is 0 Å². The van der Waals surface area contributed by atoms with Crippen molar-refractivity contribution < 1.29 is 72.5 Å². The molecule has 3 heterocycles. The summed E-state index contributed by atoms with van der Waals surface area (Å²) in [5, 5.41) is 46.7. The number of amides is 13. The fourth-order valence-electron chi connectivity index (χ4n) is 7.81. The molecule has 3 fully saturated rings. The second kappa shape index (κ2) is 29.6. The Morgan fingerprint density at radius 1 is 0.773 bits per heavy atom. The van der Waals surface area contributed by atoms with E-state index in [9.17, 15) is 72.5 Å². The number of rotatable bonds is 17. The van der Waals surface area contributed by atoms with Gasteiger partial charge in [0.1, 0.15) is 18.1 Å². The van der Waals surface area contributed by atoms with Crippen LogP contribution in [-0.4, -0.2) is 191 Å². The number of carbonyl (C=O) groups excluding carboxylic acids is 13. The smallest absolute Gasteiger partial charge is 0.246 e. The Kier molecular flexibility index (Phi) is 23.8. The standard InChI is InChI=1S/C46H67N13O15S/c1-4-24(2)41-44(72)52-19-36(65)49-21-38(67)56-30(45(73)58-12-5-6-32(58)55-29(14-28(61)23-60)43(71)51-18-35(64)50-22-39(68)57-41)15-34(63)47-17-26-7-9-27(10-8-26)54-42(70)25(3)53-37(66)20-48-33(62)11-13-59-40(69)16-31(75)46(59)74/h7-10,24-25,28-32,41,55,60-61,75H,4-6,11-23H2,1-3H3,(H,47,63)(H,48,62)(H,49,65)(H,50,64)(H,51,71)(H,52,72)(H,53,66)(H,54,70)(H,56,67)(H,57,68)/t24-,25-,28+,29-,30-,31?,32?,41-/m0/s1. The zero-order valence-electron chi connectivity index (χ0n) is 41.8. The molecule has 0 bridgehead atoms. The molecule has 75 heavy (non-hydrogen) atoms. The van der Waals surface area contributed by atoms with Gasteiger partial charge in [-0.3, -0.25) is 72.5 Å². The molecule has 4 rings (SSSR count). The van der Waals surface area contributed by atoms with Gasteiger partial charge in [-0.05, 0) is 49.8 Å². The summed E-state index contributed by atoms with van der Waals surface area (Å²) < 4.78 is 0. The normalized spacial score (nSPS) is 23.0. The number of carbonyl (C=O) groups is 13. The van der Waals surface area contributed by atoms with Gasteiger partial charge in [0.2, 0.25) is 76.8 Å². The van der Waals surface area contributed by atoms with Crippen molar-refractivity contribution >= 4 is 95.1 Å². The van der Waals surface area contributed by atoms with Crippen LogP contribution in [0.4, 0.5) is 5.69 Å². The summed E-state index contributed by atoms with van der Waals surface area (Å²) in [4.78, 5) is 169. The van der Waals surface area contributed by atoms with Gasteiger partial charge in [-0.15, -0.1) is 0 Å². The molecule has 0 aliphatic carbocycles. The Morgan fingerprint density at radius 2 is 1.40 bits per heavy atom. The monoisotopic (exact) mass is 1070 g/mol. The van der Waals surface area contributed by atoms with E-state index in [-0.39, 0.29) is 45.3 Å². The number of nitrogens with zero attached hydrogens (tertiary/aromatic N) is 2. The van der Waals surface area contributed by atoms with E-state index in [2.05, 4.69) is 71.1 Å². The Labute approximate surface area is 436 Å². The van der Waals surface area contributed by atoms with Gasteiger partial charge in [-0.1, -0.05) is 32.4 Å². The number of aliphatic hydroxyl groups excluding tert-OH is 2. The molecule has 1 aromatic carbocycles. The molecule has 2 unspecified atom stereocenters. The van der Waals surface area contributed by atoms with Crippen molar-refractivity contribution in [3.8, 4) is 0 Å². The van der Waals surface area contributed by atoms with E-state index in [1.54, 1.807) is 26.0 Å². The van der Waals surface area contributed by atoms with Crippen molar-refractivity contribution in [3.63, 3.8) is 0 Å². The number of hydrogen-bond acceptors (Lipinski definition) is 17. The highest BCUT2D eigenvalue weighted by Gasteiger charge is 2.39. The third kappa shape index (κ3) is 19.5. The van der Waals surface area contributed by atoms with Gasteiger partial charge in [0.15, 0.2) is 0 Å². The van der Waals surface area contributed by atoms with Gasteiger partial charge < -0.3 is 68.3 Å². The molecule has 3 saturated heterocycles. The molecule has 3 aliphatic rings. The lowest BCUT2D eigenvalue weighted by Gasteiger charge is -2.32. The second-order valence-corrected chi connectivity index (χ2v) is 18.7. The number of hydrogen-bond donors (Lipinski definition) is 14. The van der Waals surface area contributed by atoms with E-state index in [0.717, 1.165) is 4.90 Å². The average molecular weight is 1070 g/mol. The van der Waals surface area contributed by atoms with Gasteiger partial charge in [0.05, 0.1) is 69.3 Å². The molecule has 8 atom stereocenters. The number of fused-ring (bicyclic) bond motifs is 1. The summed E-state index contributed by atoms with van der Waals surface area (Å²) in [5.74, 6) is -9.46. The van der Waals surface area contributed by atoms with Crippen LogP contribution in [0.1, 0.15) is 71.3 Å². The molecule has 13 N–H and O–H groups in total. The minimum absolute atomic E-state index is 0.0603. The van der Waals surface area contributed by atoms with Crippen molar-refractivity contribution in [3.05, 3.63) is 29.8 Å². The molecule has 0 spiro atoms. The van der Waals surface area contributed by atoms with Crippen LogP contribution >= 0.6 is 12.6 Å². The van der Waals surface area contributed by atoms with Crippen LogP contribution in [-0.2, 0) is 68.9 Å². The van der Waals surface area contributed by atoms with E-state index in [1.165, 1.54) is 24.0 Å². The highest BCUT2D eigenvalue weighted by Crippen LogP contribution is 2.20. The van der Waals surface area contributed by atoms with Crippen molar-refractivity contribution in [2.24, 2.45) is 5.92 Å². The van der Waals surface area contributed by atoms with E-state index in [4.69, 9.17) is 0 Å². The summed E-state index contributed by atoms with van der Waals surface area (Å²) in [5.41, 5.74) is 0.860. The van der Waals surface area contributed by atoms with Crippen molar-refractivity contribution in [2.75, 3.05) is 57.7 Å². The SMILES string of the molecule is CC[C@H](C)[C@@H]1NC(=O)CNC(=O)CNC(=O)[C@H](C[C@@H](O)CO)NC2CCCN2C(=O)[C@H](CC(=O)NCc2ccc(NC(=O)[C@H](C)NC(=O)CNC(=O)CCN3C(=O)CC(S)C3=O)cc2)NC(=O)CNC(=O)CNC1=O. The molecule has 13 amide bonds. The predicted molar refractivity (Wildman–Crippen MR) is 266 cm³/mol. The highest BCUT2D eigenvalue weighted by molar-refractivity contribution is 7.81. The Bertz CT molecular complexity index is 2310. The fraction of sp³-hybridized carbons (Fsp3) is 0.587. The zero-order valence-corrected chi connectivity index (χ0v) is 42.7. The lowest BCUT2D eigenvalue weighted by atomic mass is 9.98. The first-order valence-corrected chi connectivity index (χ1v) is 24.9. The fourth-order valence-corrected chi connectivity index (χ4v) is 8.11. The molecular weight excluding hydrogens is 1010 g/mol. The van der Waals surface area contributed by atoms with Crippen molar-refractivity contribution in [1.82, 2.24) is 63.0 Å². The predicted octanol–water partition coefficient (Wildman–Crippen LogP) is -6.16. The lowest BCUT2D eigenvalue weighted by molar-refractivity contribution is -0.140. The summed E-state index contributed by atoms with van der Waals surface area (Å²) in [6.45, 7) is 1.02. The summed E-state index contributed by atoms with van der Waals surface area (Å²) >= 11 is 4.03. The number of likely N-dealkylation sites (tertiary alicyclic amines) is 1. The molecule has 1 aromatic rings. The van der Waals surface area contributed by atoms with Gasteiger partial charge in [-0.2, -0.15) is 12.6 Å². The van der Waals surface area contributed by atoms with Crippen LogP contribution in [0, 0.1) is 5.92 Å². The molecule has 0 saturated carbocycles. The maximum Gasteiger partial charge on any atom is 0.246 e. The largest absolute Gasteiger partial charge is 0.394 e. The molecule has 3 aliphatic heterocycles. The lowest BCUT2D eigenvalue weighted by Crippen LogP contribution is -2.59. The van der Waals surface area contributed by atoms with Gasteiger partial charge in [0.25, 0.3) is 0 Å². The molecule has 0 radical (unpaired) electrons. The summed E-state index contributed by atoms with van der Waals surface area (Å²) in [7, 11) is 0. The maximum atomic E-state index is 14.3. The number of benzene rings is 1. The van der Waals surface area contributed by atoms with Gasteiger partial charge in [-0.25, -0.2) is 0 Å². The first-order valence-electron chi connectivity index (χ1n) is 24.4. The molecule has 412 valence electrons. The van der Waals surface area contributed by atoms with Crippen molar-refractivity contribution in [1.29, 1.82) is 0 Å². The van der Waals surface area contributed by atoms with Crippen molar-refractivity contribution in [2.45, 2.75) is 114 Å². The number of anilines is 1. The third-order valence-corrected chi connectivity index (χ3v) is 12.7. The van der Waals surface area contributed by atoms with Gasteiger partial charge >= 0.3 is 0 Å². The first kappa shape index (κ1) is 60.3. The van der Waals surface area contributed by atoms with E-state index in [0.29, 0.717) is 24.1 Å². The van der Waals surface area contributed by atoms with Gasteiger partial charge in [0, 0.05) is 38.2 Å². The molecular formula is C46H67N13O15S. The van der Waals surface area contributed by atoms with Crippen LogP contribution < -0.4 is 58.5 Å². The Hall–Kier alpha value is -7.24. The number of imide groups is 1. The minimum atomic E-state index is -1.53. The summed E-state index contributed by atoms with van der Waals surface area (Å²) in [6, 6.07) is 1.20. The second-order valence-electron chi connectivity index (χ2n) is 18.1. The van der Waals surface area contributed by atoms with Crippen LogP contribution in [0.3, 0.4) is 0 Å². The first-order chi connectivity index (χ1) is 35.6. The topological polar surface area (TPSA) is 401 Å². The number of nitrogens with one attached hydrogen (secondary N) is 11. The quantitative estimate of drug-likeness (QED) is 0.0510. The molecule has 28 nitrogen and oxygen atoms in total. The summed E-state index contributed by atoms with van der Waals surface area (Å²) in [6.07, 6.45) is -2.48. The minimum Gasteiger partial charge on any atom is -0.394 e.